The molecule has 0 saturated carbocycles. The molecule has 2 N–H and O–H groups in total. The molecule has 4 heteroatoms. The van der Waals surface area contributed by atoms with Crippen LogP contribution in [0.15, 0.2) is 36.7 Å². The molecule has 2 unspecified atom stereocenters. The molecule has 0 bridgehead atoms. The number of aromatic amines is 1. The third-order valence-corrected chi connectivity index (χ3v) is 3.11. The molecule has 4 nitrogen and oxygen atoms in total. The first-order valence-electron chi connectivity index (χ1n) is 6.09. The molecule has 0 spiro atoms. The minimum Gasteiger partial charge on any atom is -0.497 e. The zero-order chi connectivity index (χ0) is 13.0. The summed E-state index contributed by atoms with van der Waals surface area (Å²) in [4.78, 5) is 0. The van der Waals surface area contributed by atoms with E-state index in [1.54, 1.807) is 7.11 Å². The molecule has 0 amide bonds. The summed E-state index contributed by atoms with van der Waals surface area (Å²) in [7, 11) is 1.69. The lowest BCUT2D eigenvalue weighted by Crippen LogP contribution is -2.22. The standard InChI is InChI=1S/C14H19N3O/c1-10(12-5-4-6-14(7-12)18-3)17-11(2)13-8-15-16-9-13/h4-11,17H,1-3H3,(H,15,16). The molecule has 0 aliphatic heterocycles. The van der Waals surface area contributed by atoms with Crippen LogP contribution < -0.4 is 10.1 Å². The number of rotatable bonds is 5. The SMILES string of the molecule is COc1cccc(C(C)NC(C)c2cn[nH]c2)c1. The van der Waals surface area contributed by atoms with Gasteiger partial charge in [0.2, 0.25) is 0 Å². The van der Waals surface area contributed by atoms with Gasteiger partial charge in [-0.15, -0.1) is 0 Å². The van der Waals surface area contributed by atoms with Crippen molar-refractivity contribution in [1.82, 2.24) is 15.5 Å². The Bertz CT molecular complexity index is 482. The molecule has 0 saturated heterocycles. The molecule has 1 aromatic heterocycles. The molecule has 2 rings (SSSR count). The number of benzene rings is 1. The second-order valence-electron chi connectivity index (χ2n) is 4.42. The Balaban J connectivity index is 2.04. The summed E-state index contributed by atoms with van der Waals surface area (Å²) in [5.41, 5.74) is 2.37. The number of hydrogen-bond donors (Lipinski definition) is 2. The van der Waals surface area contributed by atoms with E-state index in [4.69, 9.17) is 4.74 Å². The number of aromatic nitrogens is 2. The minimum absolute atomic E-state index is 0.255. The predicted molar refractivity (Wildman–Crippen MR) is 71.5 cm³/mol. The van der Waals surface area contributed by atoms with Gasteiger partial charge < -0.3 is 10.1 Å². The highest BCUT2D eigenvalue weighted by atomic mass is 16.5. The van der Waals surface area contributed by atoms with Gasteiger partial charge in [0.05, 0.1) is 13.3 Å². The number of methoxy groups -OCH3 is 1. The van der Waals surface area contributed by atoms with Crippen LogP contribution in [0, 0.1) is 0 Å². The third-order valence-electron chi connectivity index (χ3n) is 3.11. The molecule has 0 aliphatic carbocycles. The zero-order valence-corrected chi connectivity index (χ0v) is 11.0. The van der Waals surface area contributed by atoms with Crippen molar-refractivity contribution in [3.8, 4) is 5.75 Å². The summed E-state index contributed by atoms with van der Waals surface area (Å²) in [6, 6.07) is 8.63. The Hall–Kier alpha value is -1.81. The van der Waals surface area contributed by atoms with Gasteiger partial charge in [0.25, 0.3) is 0 Å². The van der Waals surface area contributed by atoms with Crippen molar-refractivity contribution >= 4 is 0 Å². The van der Waals surface area contributed by atoms with E-state index in [9.17, 15) is 0 Å². The molecule has 1 heterocycles. The average molecular weight is 245 g/mol. The van der Waals surface area contributed by atoms with Gasteiger partial charge in [0.1, 0.15) is 5.75 Å². The number of nitrogens with zero attached hydrogens (tertiary/aromatic N) is 1. The summed E-state index contributed by atoms with van der Waals surface area (Å²) in [6.07, 6.45) is 3.76. The molecule has 2 atom stereocenters. The van der Waals surface area contributed by atoms with Crippen LogP contribution in [-0.4, -0.2) is 17.3 Å². The first-order valence-corrected chi connectivity index (χ1v) is 6.09. The fourth-order valence-corrected chi connectivity index (χ4v) is 1.98. The average Bonchev–Trinajstić information content (AvgIpc) is 2.92. The highest BCUT2D eigenvalue weighted by molar-refractivity contribution is 5.30. The maximum absolute atomic E-state index is 5.24. The van der Waals surface area contributed by atoms with Gasteiger partial charge in [-0.05, 0) is 31.5 Å². The summed E-state index contributed by atoms with van der Waals surface area (Å²) in [5, 5.41) is 10.3. The summed E-state index contributed by atoms with van der Waals surface area (Å²) in [5.74, 6) is 0.886. The van der Waals surface area contributed by atoms with E-state index in [2.05, 4.69) is 41.5 Å². The van der Waals surface area contributed by atoms with Crippen molar-refractivity contribution in [3.05, 3.63) is 47.8 Å². The van der Waals surface area contributed by atoms with E-state index < -0.39 is 0 Å². The number of ether oxygens (including phenoxy) is 1. The number of H-pyrrole nitrogens is 1. The smallest absolute Gasteiger partial charge is 0.119 e. The maximum atomic E-state index is 5.24. The molecular formula is C14H19N3O. The zero-order valence-electron chi connectivity index (χ0n) is 11.0. The topological polar surface area (TPSA) is 49.9 Å². The maximum Gasteiger partial charge on any atom is 0.119 e. The highest BCUT2D eigenvalue weighted by Crippen LogP contribution is 2.21. The van der Waals surface area contributed by atoms with Crippen LogP contribution in [0.3, 0.4) is 0 Å². The summed E-state index contributed by atoms with van der Waals surface area (Å²) < 4.78 is 5.24. The van der Waals surface area contributed by atoms with Crippen LogP contribution in [0.4, 0.5) is 0 Å². The summed E-state index contributed by atoms with van der Waals surface area (Å²) in [6.45, 7) is 4.27. The van der Waals surface area contributed by atoms with Crippen LogP contribution in [0.2, 0.25) is 0 Å². The van der Waals surface area contributed by atoms with E-state index >= 15 is 0 Å². The highest BCUT2D eigenvalue weighted by Gasteiger charge is 2.12. The van der Waals surface area contributed by atoms with E-state index in [0.717, 1.165) is 11.3 Å². The monoisotopic (exact) mass is 245 g/mol. The van der Waals surface area contributed by atoms with Gasteiger partial charge in [-0.25, -0.2) is 0 Å². The van der Waals surface area contributed by atoms with Crippen molar-refractivity contribution in [2.75, 3.05) is 7.11 Å². The molecule has 0 radical (unpaired) electrons. The molecule has 0 aliphatic rings. The van der Waals surface area contributed by atoms with Gasteiger partial charge in [-0.1, -0.05) is 12.1 Å². The normalized spacial score (nSPS) is 14.2. The molecular weight excluding hydrogens is 226 g/mol. The van der Waals surface area contributed by atoms with Crippen LogP contribution >= 0.6 is 0 Å². The van der Waals surface area contributed by atoms with Crippen LogP contribution in [0.25, 0.3) is 0 Å². The van der Waals surface area contributed by atoms with Crippen LogP contribution in [0.5, 0.6) is 5.75 Å². The van der Waals surface area contributed by atoms with E-state index in [1.807, 2.05) is 24.5 Å². The molecule has 18 heavy (non-hydrogen) atoms. The van der Waals surface area contributed by atoms with Gasteiger partial charge >= 0.3 is 0 Å². The van der Waals surface area contributed by atoms with Crippen LogP contribution in [0.1, 0.15) is 37.1 Å². The fourth-order valence-electron chi connectivity index (χ4n) is 1.98. The Morgan fingerprint density at radius 2 is 2.00 bits per heavy atom. The van der Waals surface area contributed by atoms with Crippen molar-refractivity contribution in [1.29, 1.82) is 0 Å². The third kappa shape index (κ3) is 2.90. The Morgan fingerprint density at radius 1 is 1.22 bits per heavy atom. The Labute approximate surface area is 107 Å². The Morgan fingerprint density at radius 3 is 2.67 bits per heavy atom. The van der Waals surface area contributed by atoms with Crippen molar-refractivity contribution in [3.63, 3.8) is 0 Å². The van der Waals surface area contributed by atoms with Gasteiger partial charge in [0, 0.05) is 23.8 Å². The van der Waals surface area contributed by atoms with Gasteiger partial charge in [-0.2, -0.15) is 5.10 Å². The van der Waals surface area contributed by atoms with E-state index in [-0.39, 0.29) is 12.1 Å². The first-order chi connectivity index (χ1) is 8.70. The molecule has 96 valence electrons. The number of hydrogen-bond acceptors (Lipinski definition) is 3. The summed E-state index contributed by atoms with van der Waals surface area (Å²) >= 11 is 0. The lowest BCUT2D eigenvalue weighted by molar-refractivity contribution is 0.412. The largest absolute Gasteiger partial charge is 0.497 e. The first kappa shape index (κ1) is 12.6. The number of nitrogens with one attached hydrogen (secondary N) is 2. The van der Waals surface area contributed by atoms with Crippen molar-refractivity contribution in [2.45, 2.75) is 25.9 Å². The lowest BCUT2D eigenvalue weighted by atomic mass is 10.1. The second kappa shape index (κ2) is 5.69. The van der Waals surface area contributed by atoms with Gasteiger partial charge in [-0.3, -0.25) is 5.10 Å². The molecule has 0 fully saturated rings. The van der Waals surface area contributed by atoms with Crippen molar-refractivity contribution in [2.24, 2.45) is 0 Å². The van der Waals surface area contributed by atoms with E-state index in [0.29, 0.717) is 0 Å². The molecule has 1 aromatic carbocycles. The quantitative estimate of drug-likeness (QED) is 0.851. The van der Waals surface area contributed by atoms with Crippen molar-refractivity contribution < 1.29 is 4.74 Å². The van der Waals surface area contributed by atoms with E-state index in [1.165, 1.54) is 5.56 Å². The Kier molecular flexibility index (Phi) is 3.99. The fraction of sp³-hybridized carbons (Fsp3) is 0.357. The second-order valence-corrected chi connectivity index (χ2v) is 4.42. The minimum atomic E-state index is 0.255. The molecule has 2 aromatic rings. The van der Waals surface area contributed by atoms with Crippen LogP contribution in [-0.2, 0) is 0 Å². The lowest BCUT2D eigenvalue weighted by Gasteiger charge is -2.19. The predicted octanol–water partition coefficient (Wildman–Crippen LogP) is 2.83. The van der Waals surface area contributed by atoms with Gasteiger partial charge in [0.15, 0.2) is 0 Å².